The van der Waals surface area contributed by atoms with Gasteiger partial charge in [0.15, 0.2) is 0 Å². The highest BCUT2D eigenvalue weighted by molar-refractivity contribution is 8.00. The van der Waals surface area contributed by atoms with Crippen LogP contribution in [0.15, 0.2) is 54.6 Å². The lowest BCUT2D eigenvalue weighted by Gasteiger charge is -2.17. The number of halogens is 1. The zero-order valence-corrected chi connectivity index (χ0v) is 13.5. The average molecular weight is 320 g/mol. The molecule has 0 aliphatic rings. The SMILES string of the molecule is CCNC(=O)CSC(c1ccccc1)c1ccc(Cl)cc1. The van der Waals surface area contributed by atoms with Crippen LogP contribution in [0.3, 0.4) is 0 Å². The van der Waals surface area contributed by atoms with Gasteiger partial charge in [-0.25, -0.2) is 0 Å². The van der Waals surface area contributed by atoms with Crippen molar-refractivity contribution in [2.24, 2.45) is 0 Å². The molecule has 1 atom stereocenters. The highest BCUT2D eigenvalue weighted by Crippen LogP contribution is 2.35. The lowest BCUT2D eigenvalue weighted by molar-refractivity contribution is -0.118. The van der Waals surface area contributed by atoms with Gasteiger partial charge >= 0.3 is 0 Å². The molecule has 1 amide bonds. The number of rotatable bonds is 6. The summed E-state index contributed by atoms with van der Waals surface area (Å²) >= 11 is 7.59. The van der Waals surface area contributed by atoms with Crippen LogP contribution in [0.4, 0.5) is 0 Å². The maximum absolute atomic E-state index is 11.7. The van der Waals surface area contributed by atoms with Gasteiger partial charge in [-0.05, 0) is 30.2 Å². The largest absolute Gasteiger partial charge is 0.356 e. The molecule has 21 heavy (non-hydrogen) atoms. The molecule has 0 fully saturated rings. The lowest BCUT2D eigenvalue weighted by atomic mass is 10.0. The Kier molecular flexibility index (Phi) is 6.15. The predicted molar refractivity (Wildman–Crippen MR) is 90.9 cm³/mol. The highest BCUT2D eigenvalue weighted by atomic mass is 35.5. The van der Waals surface area contributed by atoms with Crippen LogP contribution in [0.25, 0.3) is 0 Å². The molecule has 1 N–H and O–H groups in total. The van der Waals surface area contributed by atoms with E-state index in [1.807, 2.05) is 49.4 Å². The van der Waals surface area contributed by atoms with Crippen LogP contribution in [-0.4, -0.2) is 18.2 Å². The lowest BCUT2D eigenvalue weighted by Crippen LogP contribution is -2.24. The zero-order valence-electron chi connectivity index (χ0n) is 11.9. The van der Waals surface area contributed by atoms with Gasteiger partial charge in [0.2, 0.25) is 5.91 Å². The van der Waals surface area contributed by atoms with Crippen molar-refractivity contribution in [2.75, 3.05) is 12.3 Å². The monoisotopic (exact) mass is 319 g/mol. The molecule has 0 aromatic heterocycles. The van der Waals surface area contributed by atoms with Gasteiger partial charge in [-0.3, -0.25) is 4.79 Å². The molecule has 2 nitrogen and oxygen atoms in total. The van der Waals surface area contributed by atoms with E-state index in [2.05, 4.69) is 17.4 Å². The van der Waals surface area contributed by atoms with Gasteiger partial charge in [0, 0.05) is 11.6 Å². The molecule has 0 spiro atoms. The fourth-order valence-corrected chi connectivity index (χ4v) is 3.30. The Morgan fingerprint density at radius 2 is 1.71 bits per heavy atom. The third-order valence-corrected chi connectivity index (χ3v) is 4.59. The first-order valence-corrected chi connectivity index (χ1v) is 8.32. The van der Waals surface area contributed by atoms with Gasteiger partial charge in [0.1, 0.15) is 0 Å². The minimum Gasteiger partial charge on any atom is -0.356 e. The molecule has 2 aromatic rings. The quantitative estimate of drug-likeness (QED) is 0.860. The van der Waals surface area contributed by atoms with Gasteiger partial charge in [-0.15, -0.1) is 11.8 Å². The van der Waals surface area contributed by atoms with Crippen molar-refractivity contribution in [3.63, 3.8) is 0 Å². The second kappa shape index (κ2) is 8.11. The molecule has 2 aromatic carbocycles. The summed E-state index contributed by atoms with van der Waals surface area (Å²) in [5.74, 6) is 0.508. The Bertz CT molecular complexity index is 571. The van der Waals surface area contributed by atoms with Crippen LogP contribution in [0.1, 0.15) is 23.3 Å². The molecule has 1 unspecified atom stereocenters. The van der Waals surface area contributed by atoms with E-state index in [9.17, 15) is 4.79 Å². The molecule has 2 rings (SSSR count). The summed E-state index contributed by atoms with van der Waals surface area (Å²) in [6, 6.07) is 18.0. The Morgan fingerprint density at radius 1 is 1.10 bits per heavy atom. The molecule has 0 heterocycles. The van der Waals surface area contributed by atoms with Gasteiger partial charge < -0.3 is 5.32 Å². The molecule has 0 saturated heterocycles. The van der Waals surface area contributed by atoms with Crippen LogP contribution in [0.5, 0.6) is 0 Å². The first-order chi connectivity index (χ1) is 10.2. The molecule has 0 aliphatic carbocycles. The van der Waals surface area contributed by atoms with Crippen LogP contribution in [0, 0.1) is 0 Å². The summed E-state index contributed by atoms with van der Waals surface area (Å²) in [4.78, 5) is 11.7. The van der Waals surface area contributed by atoms with Crippen LogP contribution < -0.4 is 5.32 Å². The van der Waals surface area contributed by atoms with Crippen molar-refractivity contribution in [3.8, 4) is 0 Å². The number of hydrogen-bond donors (Lipinski definition) is 1. The van der Waals surface area contributed by atoms with E-state index in [1.165, 1.54) is 5.56 Å². The molecular formula is C17H18ClNOS. The van der Waals surface area contributed by atoms with Gasteiger partial charge in [-0.2, -0.15) is 0 Å². The number of carbonyl (C=O) groups excluding carboxylic acids is 1. The standard InChI is InChI=1S/C17H18ClNOS/c1-2-19-16(20)12-21-17(13-6-4-3-5-7-13)14-8-10-15(18)11-9-14/h3-11,17H,2,12H2,1H3,(H,19,20). The molecule has 0 saturated carbocycles. The van der Waals surface area contributed by atoms with Gasteiger partial charge in [0.25, 0.3) is 0 Å². The van der Waals surface area contributed by atoms with E-state index in [0.29, 0.717) is 12.3 Å². The average Bonchev–Trinajstić information content (AvgIpc) is 2.50. The topological polar surface area (TPSA) is 29.1 Å². The molecule has 4 heteroatoms. The number of nitrogens with one attached hydrogen (secondary N) is 1. The predicted octanol–water partition coefficient (Wildman–Crippen LogP) is 4.30. The zero-order chi connectivity index (χ0) is 15.1. The molecule has 0 aliphatic heterocycles. The third kappa shape index (κ3) is 4.80. The second-order valence-corrected chi connectivity index (χ2v) is 6.14. The van der Waals surface area contributed by atoms with E-state index in [1.54, 1.807) is 11.8 Å². The van der Waals surface area contributed by atoms with Crippen molar-refractivity contribution < 1.29 is 4.79 Å². The van der Waals surface area contributed by atoms with Crippen LogP contribution in [-0.2, 0) is 4.79 Å². The van der Waals surface area contributed by atoms with Crippen molar-refractivity contribution in [2.45, 2.75) is 12.2 Å². The van der Waals surface area contributed by atoms with E-state index in [-0.39, 0.29) is 11.2 Å². The number of hydrogen-bond acceptors (Lipinski definition) is 2. The fourth-order valence-electron chi connectivity index (χ4n) is 2.06. The normalized spacial score (nSPS) is 11.9. The summed E-state index contributed by atoms with van der Waals surface area (Å²) in [5.41, 5.74) is 2.34. The van der Waals surface area contributed by atoms with Gasteiger partial charge in [-0.1, -0.05) is 54.1 Å². The van der Waals surface area contributed by atoms with Crippen molar-refractivity contribution >= 4 is 29.3 Å². The molecule has 110 valence electrons. The van der Waals surface area contributed by atoms with E-state index < -0.39 is 0 Å². The number of benzene rings is 2. The Balaban J connectivity index is 2.18. The van der Waals surface area contributed by atoms with Gasteiger partial charge in [0.05, 0.1) is 11.0 Å². The molecular weight excluding hydrogens is 302 g/mol. The van der Waals surface area contributed by atoms with E-state index in [4.69, 9.17) is 11.6 Å². The molecule has 0 radical (unpaired) electrons. The first-order valence-electron chi connectivity index (χ1n) is 6.89. The number of thioether (sulfide) groups is 1. The maximum Gasteiger partial charge on any atom is 0.230 e. The fraction of sp³-hybridized carbons (Fsp3) is 0.235. The van der Waals surface area contributed by atoms with Crippen LogP contribution >= 0.6 is 23.4 Å². The summed E-state index contributed by atoms with van der Waals surface area (Å²) in [6.07, 6.45) is 0. The van der Waals surface area contributed by atoms with Crippen LogP contribution in [0.2, 0.25) is 5.02 Å². The number of amides is 1. The Hall–Kier alpha value is -1.45. The summed E-state index contributed by atoms with van der Waals surface area (Å²) < 4.78 is 0. The third-order valence-electron chi connectivity index (χ3n) is 3.03. The van der Waals surface area contributed by atoms with Crippen molar-refractivity contribution in [3.05, 3.63) is 70.7 Å². The highest BCUT2D eigenvalue weighted by Gasteiger charge is 2.16. The van der Waals surface area contributed by atoms with Crippen molar-refractivity contribution in [1.29, 1.82) is 0 Å². The minimum atomic E-state index is 0.0670. The smallest absolute Gasteiger partial charge is 0.230 e. The Labute approximate surface area is 134 Å². The van der Waals surface area contributed by atoms with E-state index >= 15 is 0 Å². The molecule has 0 bridgehead atoms. The number of carbonyl (C=O) groups is 1. The Morgan fingerprint density at radius 3 is 2.33 bits per heavy atom. The van der Waals surface area contributed by atoms with E-state index in [0.717, 1.165) is 10.6 Å². The minimum absolute atomic E-state index is 0.0670. The summed E-state index contributed by atoms with van der Waals surface area (Å²) in [5, 5.41) is 3.68. The summed E-state index contributed by atoms with van der Waals surface area (Å²) in [7, 11) is 0. The first kappa shape index (κ1) is 15.9. The summed E-state index contributed by atoms with van der Waals surface area (Å²) in [6.45, 7) is 2.59. The van der Waals surface area contributed by atoms with Crippen molar-refractivity contribution in [1.82, 2.24) is 5.32 Å². The second-order valence-electron chi connectivity index (χ2n) is 4.61. The maximum atomic E-state index is 11.7.